The van der Waals surface area contributed by atoms with Crippen molar-refractivity contribution in [3.8, 4) is 11.1 Å². The van der Waals surface area contributed by atoms with Gasteiger partial charge in [0, 0.05) is 5.56 Å². The highest BCUT2D eigenvalue weighted by Crippen LogP contribution is 2.32. The van der Waals surface area contributed by atoms with E-state index in [2.05, 4.69) is 0 Å². The smallest absolute Gasteiger partial charge is 0.342 e. The van der Waals surface area contributed by atoms with E-state index in [0.717, 1.165) is 0 Å². The number of hydrogen-bond acceptors (Lipinski definition) is 6. The van der Waals surface area contributed by atoms with Gasteiger partial charge in [-0.3, -0.25) is 4.79 Å². The highest BCUT2D eigenvalue weighted by Gasteiger charge is 2.27. The minimum atomic E-state index is -1.64. The molecule has 0 aliphatic carbocycles. The van der Waals surface area contributed by atoms with Gasteiger partial charge in [-0.05, 0) is 24.6 Å². The van der Waals surface area contributed by atoms with Gasteiger partial charge in [-0.1, -0.05) is 17.7 Å². The van der Waals surface area contributed by atoms with Crippen molar-refractivity contribution in [3.05, 3.63) is 50.3 Å². The van der Waals surface area contributed by atoms with Crippen molar-refractivity contribution in [2.75, 3.05) is 12.3 Å². The zero-order valence-electron chi connectivity index (χ0n) is 13.3. The number of carbonyl (C=O) groups excluding carboxylic acids is 1. The standard InChI is InChI=1S/C16H13ClN2O7/c1-2-26-16(25)7-4-3-6(5-8(7)17)9-10(14(21)22)12(18)19-13(20)11(9)15(23)24/h3-5H,2H2,1H3,(H,21,22)(H,23,24)(H3,18,19,20). The number of H-pyrrole nitrogens is 1. The molecule has 0 spiro atoms. The number of ether oxygens (including phenoxy) is 1. The van der Waals surface area contributed by atoms with Crippen molar-refractivity contribution >= 4 is 35.3 Å². The topological polar surface area (TPSA) is 160 Å². The van der Waals surface area contributed by atoms with Crippen LogP contribution in [0.4, 0.5) is 5.82 Å². The average molecular weight is 381 g/mol. The number of anilines is 1. The Morgan fingerprint density at radius 2 is 1.81 bits per heavy atom. The van der Waals surface area contributed by atoms with Crippen molar-refractivity contribution in [3.63, 3.8) is 0 Å². The van der Waals surface area contributed by atoms with Gasteiger partial charge in [-0.2, -0.15) is 0 Å². The molecule has 5 N–H and O–H groups in total. The number of hydrogen-bond donors (Lipinski definition) is 4. The summed E-state index contributed by atoms with van der Waals surface area (Å²) in [5.74, 6) is -4.39. The summed E-state index contributed by atoms with van der Waals surface area (Å²) in [7, 11) is 0. The van der Waals surface area contributed by atoms with Gasteiger partial charge < -0.3 is 25.7 Å². The molecule has 9 nitrogen and oxygen atoms in total. The minimum Gasteiger partial charge on any atom is -0.478 e. The number of rotatable bonds is 5. The van der Waals surface area contributed by atoms with Gasteiger partial charge in [0.1, 0.15) is 16.9 Å². The molecule has 1 heterocycles. The summed E-state index contributed by atoms with van der Waals surface area (Å²) < 4.78 is 4.83. The molecule has 0 saturated heterocycles. The summed E-state index contributed by atoms with van der Waals surface area (Å²) in [6, 6.07) is 3.66. The number of nitrogens with one attached hydrogen (secondary N) is 1. The van der Waals surface area contributed by atoms with Crippen LogP contribution in [0, 0.1) is 0 Å². The molecule has 1 aromatic heterocycles. The lowest BCUT2D eigenvalue weighted by Gasteiger charge is -2.13. The largest absolute Gasteiger partial charge is 0.478 e. The molecule has 0 saturated carbocycles. The summed E-state index contributed by atoms with van der Waals surface area (Å²) in [6.07, 6.45) is 0. The molecule has 0 atom stereocenters. The van der Waals surface area contributed by atoms with Crippen molar-refractivity contribution < 1.29 is 29.3 Å². The van der Waals surface area contributed by atoms with Crippen LogP contribution in [-0.4, -0.2) is 39.7 Å². The molecule has 2 rings (SSSR count). The van der Waals surface area contributed by atoms with Crippen LogP contribution in [-0.2, 0) is 4.74 Å². The van der Waals surface area contributed by atoms with E-state index in [-0.39, 0.29) is 22.8 Å². The maximum Gasteiger partial charge on any atom is 0.342 e. The van der Waals surface area contributed by atoms with Crippen LogP contribution in [0.15, 0.2) is 23.0 Å². The quantitative estimate of drug-likeness (QED) is 0.571. The number of halogens is 1. The summed E-state index contributed by atoms with van der Waals surface area (Å²) >= 11 is 6.04. The number of aromatic nitrogens is 1. The Labute approximate surface area is 151 Å². The number of nitrogens with two attached hydrogens (primary N) is 1. The van der Waals surface area contributed by atoms with E-state index in [4.69, 9.17) is 22.1 Å². The summed E-state index contributed by atoms with van der Waals surface area (Å²) in [5, 5.41) is 18.6. The lowest BCUT2D eigenvalue weighted by molar-refractivity contribution is 0.0525. The van der Waals surface area contributed by atoms with Crippen LogP contribution < -0.4 is 11.3 Å². The number of benzene rings is 1. The lowest BCUT2D eigenvalue weighted by Crippen LogP contribution is -2.24. The molecular formula is C16H13ClN2O7. The maximum atomic E-state index is 12.0. The van der Waals surface area contributed by atoms with Gasteiger partial charge in [0.15, 0.2) is 0 Å². The van der Waals surface area contributed by atoms with Gasteiger partial charge >= 0.3 is 17.9 Å². The molecular weight excluding hydrogens is 368 g/mol. The fourth-order valence-electron chi connectivity index (χ4n) is 2.38. The monoisotopic (exact) mass is 380 g/mol. The van der Waals surface area contributed by atoms with E-state index in [1.165, 1.54) is 18.2 Å². The lowest BCUT2D eigenvalue weighted by atomic mass is 9.94. The summed E-state index contributed by atoms with van der Waals surface area (Å²) in [6.45, 7) is 1.73. The number of nitrogen functional groups attached to an aromatic ring is 1. The Morgan fingerprint density at radius 1 is 1.19 bits per heavy atom. The summed E-state index contributed by atoms with van der Waals surface area (Å²) in [4.78, 5) is 48.8. The second-order valence-electron chi connectivity index (χ2n) is 5.02. The molecule has 10 heteroatoms. The van der Waals surface area contributed by atoms with Crippen molar-refractivity contribution in [2.45, 2.75) is 6.92 Å². The van der Waals surface area contributed by atoms with Crippen LogP contribution in [0.5, 0.6) is 0 Å². The highest BCUT2D eigenvalue weighted by atomic mass is 35.5. The molecule has 2 aromatic rings. The van der Waals surface area contributed by atoms with Crippen molar-refractivity contribution in [1.29, 1.82) is 0 Å². The van der Waals surface area contributed by atoms with Crippen LogP contribution in [0.2, 0.25) is 5.02 Å². The fraction of sp³-hybridized carbons (Fsp3) is 0.125. The van der Waals surface area contributed by atoms with Gasteiger partial charge in [0.05, 0.1) is 17.2 Å². The Morgan fingerprint density at radius 3 is 2.31 bits per heavy atom. The minimum absolute atomic E-state index is 0.00355. The third-order valence-corrected chi connectivity index (χ3v) is 3.74. The number of carboxylic acids is 2. The van der Waals surface area contributed by atoms with E-state index in [1.54, 1.807) is 6.92 Å². The molecule has 26 heavy (non-hydrogen) atoms. The van der Waals surface area contributed by atoms with Crippen molar-refractivity contribution in [2.24, 2.45) is 0 Å². The van der Waals surface area contributed by atoms with E-state index in [0.29, 0.717) is 0 Å². The number of pyridine rings is 1. The first-order valence-electron chi connectivity index (χ1n) is 7.18. The fourth-order valence-corrected chi connectivity index (χ4v) is 2.64. The molecule has 0 radical (unpaired) electrons. The van der Waals surface area contributed by atoms with Crippen LogP contribution in [0.1, 0.15) is 38.0 Å². The van der Waals surface area contributed by atoms with Gasteiger partial charge in [-0.15, -0.1) is 0 Å². The second kappa shape index (κ2) is 7.28. The SMILES string of the molecule is CCOC(=O)c1ccc(-c2c(C(=O)O)c(N)[nH]c(=O)c2C(=O)O)cc1Cl. The van der Waals surface area contributed by atoms with Gasteiger partial charge in [-0.25, -0.2) is 14.4 Å². The first-order chi connectivity index (χ1) is 12.2. The predicted octanol–water partition coefficient (Wildman–Crippen LogP) is 1.85. The van der Waals surface area contributed by atoms with Gasteiger partial charge in [0.25, 0.3) is 5.56 Å². The number of carboxylic acid groups (broad SMARTS) is 2. The molecule has 0 unspecified atom stereocenters. The average Bonchev–Trinajstić information content (AvgIpc) is 2.53. The number of esters is 1. The Balaban J connectivity index is 2.81. The normalized spacial score (nSPS) is 10.4. The van der Waals surface area contributed by atoms with Crippen LogP contribution >= 0.6 is 11.6 Å². The van der Waals surface area contributed by atoms with E-state index >= 15 is 0 Å². The Kier molecular flexibility index (Phi) is 5.32. The second-order valence-corrected chi connectivity index (χ2v) is 5.43. The molecule has 0 bridgehead atoms. The maximum absolute atomic E-state index is 12.0. The number of aromatic amines is 1. The van der Waals surface area contributed by atoms with E-state index in [1.807, 2.05) is 4.98 Å². The number of carbonyl (C=O) groups is 3. The highest BCUT2D eigenvalue weighted by molar-refractivity contribution is 6.34. The van der Waals surface area contributed by atoms with Gasteiger partial charge in [0.2, 0.25) is 0 Å². The predicted molar refractivity (Wildman–Crippen MR) is 91.8 cm³/mol. The molecule has 1 aromatic carbocycles. The first kappa shape index (κ1) is 19.0. The third kappa shape index (κ3) is 3.38. The van der Waals surface area contributed by atoms with Crippen molar-refractivity contribution in [1.82, 2.24) is 4.98 Å². The zero-order valence-corrected chi connectivity index (χ0v) is 14.1. The summed E-state index contributed by atoms with van der Waals surface area (Å²) in [5.41, 5.74) is 2.66. The molecule has 0 fully saturated rings. The van der Waals surface area contributed by atoms with E-state index < -0.39 is 46.0 Å². The third-order valence-electron chi connectivity index (χ3n) is 3.43. The first-order valence-corrected chi connectivity index (χ1v) is 7.56. The van der Waals surface area contributed by atoms with Crippen LogP contribution in [0.25, 0.3) is 11.1 Å². The van der Waals surface area contributed by atoms with E-state index in [9.17, 15) is 29.4 Å². The number of aromatic carboxylic acids is 2. The molecule has 0 aliphatic heterocycles. The molecule has 0 aliphatic rings. The van der Waals surface area contributed by atoms with Crippen LogP contribution in [0.3, 0.4) is 0 Å². The molecule has 136 valence electrons. The Hall–Kier alpha value is -3.33. The molecule has 0 amide bonds. The zero-order chi connectivity index (χ0) is 19.6. The Bertz CT molecular complexity index is 981.